The van der Waals surface area contributed by atoms with Gasteiger partial charge in [-0.1, -0.05) is 13.8 Å². The van der Waals surface area contributed by atoms with Crippen molar-refractivity contribution in [3.05, 3.63) is 23.9 Å². The minimum absolute atomic E-state index is 0.0729. The van der Waals surface area contributed by atoms with Crippen molar-refractivity contribution >= 4 is 17.6 Å². The summed E-state index contributed by atoms with van der Waals surface area (Å²) in [5, 5.41) is 0. The van der Waals surface area contributed by atoms with Crippen LogP contribution >= 0.6 is 0 Å². The van der Waals surface area contributed by atoms with Gasteiger partial charge in [0, 0.05) is 37.8 Å². The monoisotopic (exact) mass is 330 g/mol. The number of aromatic nitrogens is 1. The van der Waals surface area contributed by atoms with Gasteiger partial charge in [0.1, 0.15) is 5.82 Å². The van der Waals surface area contributed by atoms with Gasteiger partial charge in [0.2, 0.25) is 5.91 Å². The summed E-state index contributed by atoms with van der Waals surface area (Å²) in [6, 6.07) is 3.35. The topological polar surface area (TPSA) is 79.5 Å². The fourth-order valence-electron chi connectivity index (χ4n) is 3.31. The van der Waals surface area contributed by atoms with Crippen LogP contribution in [0.5, 0.6) is 0 Å². The molecule has 6 heteroatoms. The molecule has 2 N–H and O–H groups in total. The second-order valence-electron chi connectivity index (χ2n) is 7.27. The van der Waals surface area contributed by atoms with Crippen LogP contribution in [-0.4, -0.2) is 52.3 Å². The number of carbonyl (C=O) groups excluding carboxylic acids is 2. The molecule has 0 radical (unpaired) electrons. The Kier molecular flexibility index (Phi) is 4.73. The lowest BCUT2D eigenvalue weighted by atomic mass is 10.0. The van der Waals surface area contributed by atoms with Crippen LogP contribution < -0.4 is 5.73 Å². The van der Waals surface area contributed by atoms with Crippen molar-refractivity contribution in [1.82, 2.24) is 14.8 Å². The summed E-state index contributed by atoms with van der Waals surface area (Å²) in [7, 11) is 0. The Morgan fingerprint density at radius 1 is 1.42 bits per heavy atom. The highest BCUT2D eigenvalue weighted by Gasteiger charge is 2.36. The Morgan fingerprint density at radius 2 is 2.17 bits per heavy atom. The average Bonchev–Trinajstić information content (AvgIpc) is 3.37. The molecule has 6 nitrogen and oxygen atoms in total. The molecule has 1 aliphatic carbocycles. The number of nitrogens with zero attached hydrogens (tertiary/aromatic N) is 3. The molecule has 2 heterocycles. The second-order valence-corrected chi connectivity index (χ2v) is 7.27. The normalized spacial score (nSPS) is 22.0. The van der Waals surface area contributed by atoms with Gasteiger partial charge < -0.3 is 15.5 Å². The molecule has 0 bridgehead atoms. The standard InChI is InChI=1S/C18H26N4O2/c1-12(2)15-11-21(18(24)14-5-7-20-16(19)9-14)8-6-17(23)22(15)10-13-3-4-13/h5,7,9,12-13,15H,3-4,6,8,10-11H2,1-2H3,(H2,19,20). The first kappa shape index (κ1) is 16.7. The lowest BCUT2D eigenvalue weighted by Gasteiger charge is -2.34. The molecule has 1 aromatic rings. The maximum atomic E-state index is 12.8. The summed E-state index contributed by atoms with van der Waals surface area (Å²) in [4.78, 5) is 33.2. The maximum absolute atomic E-state index is 12.8. The van der Waals surface area contributed by atoms with E-state index >= 15 is 0 Å². The highest BCUT2D eigenvalue weighted by molar-refractivity contribution is 5.95. The van der Waals surface area contributed by atoms with E-state index in [1.165, 1.54) is 12.8 Å². The first-order valence-corrected chi connectivity index (χ1v) is 8.76. The molecule has 2 amide bonds. The van der Waals surface area contributed by atoms with Crippen molar-refractivity contribution < 1.29 is 9.59 Å². The Hall–Kier alpha value is -2.11. The molecule has 24 heavy (non-hydrogen) atoms. The van der Waals surface area contributed by atoms with Crippen LogP contribution in [0.25, 0.3) is 0 Å². The summed E-state index contributed by atoms with van der Waals surface area (Å²) in [5.74, 6) is 1.39. The molecule has 1 atom stereocenters. The number of amides is 2. The molecule has 2 fully saturated rings. The number of anilines is 1. The van der Waals surface area contributed by atoms with E-state index < -0.39 is 0 Å². The number of nitrogens with two attached hydrogens (primary N) is 1. The van der Waals surface area contributed by atoms with Gasteiger partial charge >= 0.3 is 0 Å². The fraction of sp³-hybridized carbons (Fsp3) is 0.611. The third kappa shape index (κ3) is 3.68. The van der Waals surface area contributed by atoms with Gasteiger partial charge in [0.15, 0.2) is 0 Å². The molecule has 0 spiro atoms. The third-order valence-electron chi connectivity index (χ3n) is 4.96. The van der Waals surface area contributed by atoms with Gasteiger partial charge in [-0.2, -0.15) is 0 Å². The minimum Gasteiger partial charge on any atom is -0.384 e. The van der Waals surface area contributed by atoms with Crippen LogP contribution in [0, 0.1) is 11.8 Å². The molecule has 1 unspecified atom stereocenters. The van der Waals surface area contributed by atoms with Crippen molar-refractivity contribution in [2.75, 3.05) is 25.4 Å². The van der Waals surface area contributed by atoms with E-state index in [4.69, 9.17) is 5.73 Å². The molecule has 1 aliphatic heterocycles. The summed E-state index contributed by atoms with van der Waals surface area (Å²) >= 11 is 0. The molecule has 0 aromatic carbocycles. The van der Waals surface area contributed by atoms with Crippen LogP contribution in [-0.2, 0) is 4.79 Å². The zero-order chi connectivity index (χ0) is 17.3. The van der Waals surface area contributed by atoms with E-state index in [1.807, 2.05) is 4.90 Å². The molecule has 1 saturated carbocycles. The van der Waals surface area contributed by atoms with Crippen molar-refractivity contribution in [3.8, 4) is 0 Å². The van der Waals surface area contributed by atoms with E-state index in [9.17, 15) is 9.59 Å². The van der Waals surface area contributed by atoms with E-state index in [-0.39, 0.29) is 17.9 Å². The Labute approximate surface area is 143 Å². The Balaban J connectivity index is 1.79. The molecule has 3 rings (SSSR count). The van der Waals surface area contributed by atoms with Gasteiger partial charge in [0.25, 0.3) is 5.91 Å². The minimum atomic E-state index is -0.0733. The number of pyridine rings is 1. The van der Waals surface area contributed by atoms with Gasteiger partial charge in [-0.3, -0.25) is 9.59 Å². The van der Waals surface area contributed by atoms with Gasteiger partial charge in [-0.15, -0.1) is 0 Å². The molecule has 1 saturated heterocycles. The van der Waals surface area contributed by atoms with Crippen LogP contribution in [0.4, 0.5) is 5.82 Å². The SMILES string of the molecule is CC(C)C1CN(C(=O)c2ccnc(N)c2)CCC(=O)N1CC1CC1. The van der Waals surface area contributed by atoms with Crippen LogP contribution in [0.1, 0.15) is 43.5 Å². The van der Waals surface area contributed by atoms with Crippen LogP contribution in [0.15, 0.2) is 18.3 Å². The maximum Gasteiger partial charge on any atom is 0.254 e. The van der Waals surface area contributed by atoms with E-state index in [2.05, 4.69) is 18.8 Å². The first-order chi connectivity index (χ1) is 11.5. The zero-order valence-corrected chi connectivity index (χ0v) is 14.4. The number of rotatable bonds is 4. The summed E-state index contributed by atoms with van der Waals surface area (Å²) in [5.41, 5.74) is 6.23. The predicted molar refractivity (Wildman–Crippen MR) is 92.2 cm³/mol. The molecule has 2 aliphatic rings. The van der Waals surface area contributed by atoms with E-state index in [0.717, 1.165) is 6.54 Å². The van der Waals surface area contributed by atoms with Crippen molar-refractivity contribution in [2.24, 2.45) is 11.8 Å². The largest absolute Gasteiger partial charge is 0.384 e. The molecular formula is C18H26N4O2. The average molecular weight is 330 g/mol. The zero-order valence-electron chi connectivity index (χ0n) is 14.4. The summed E-state index contributed by atoms with van der Waals surface area (Å²) in [6.45, 7) is 6.12. The highest BCUT2D eigenvalue weighted by Crippen LogP contribution is 2.32. The first-order valence-electron chi connectivity index (χ1n) is 8.76. The molecular weight excluding hydrogens is 304 g/mol. The Morgan fingerprint density at radius 3 is 2.79 bits per heavy atom. The molecule has 1 aromatic heterocycles. The number of hydrogen-bond donors (Lipinski definition) is 1. The summed E-state index contributed by atoms with van der Waals surface area (Å²) in [6.07, 6.45) is 4.37. The van der Waals surface area contributed by atoms with Gasteiger partial charge in [0.05, 0.1) is 6.04 Å². The van der Waals surface area contributed by atoms with Gasteiger partial charge in [-0.05, 0) is 36.8 Å². The smallest absolute Gasteiger partial charge is 0.254 e. The Bertz CT molecular complexity index is 627. The third-order valence-corrected chi connectivity index (χ3v) is 4.96. The number of hydrogen-bond acceptors (Lipinski definition) is 4. The fourth-order valence-corrected chi connectivity index (χ4v) is 3.31. The number of carbonyl (C=O) groups is 2. The highest BCUT2D eigenvalue weighted by atomic mass is 16.2. The summed E-state index contributed by atoms with van der Waals surface area (Å²) < 4.78 is 0. The van der Waals surface area contributed by atoms with E-state index in [1.54, 1.807) is 23.2 Å². The lowest BCUT2D eigenvalue weighted by molar-refractivity contribution is -0.133. The van der Waals surface area contributed by atoms with Gasteiger partial charge in [-0.25, -0.2) is 4.98 Å². The quantitative estimate of drug-likeness (QED) is 0.912. The lowest BCUT2D eigenvalue weighted by Crippen LogP contribution is -2.48. The van der Waals surface area contributed by atoms with Crippen LogP contribution in [0.2, 0.25) is 0 Å². The van der Waals surface area contributed by atoms with E-state index in [0.29, 0.717) is 42.7 Å². The second kappa shape index (κ2) is 6.79. The van der Waals surface area contributed by atoms with Crippen molar-refractivity contribution in [3.63, 3.8) is 0 Å². The predicted octanol–water partition coefficient (Wildman–Crippen LogP) is 1.77. The number of nitrogen functional groups attached to an aromatic ring is 1. The van der Waals surface area contributed by atoms with Crippen LogP contribution in [0.3, 0.4) is 0 Å². The van der Waals surface area contributed by atoms with Crippen molar-refractivity contribution in [1.29, 1.82) is 0 Å². The van der Waals surface area contributed by atoms with Crippen molar-refractivity contribution in [2.45, 2.75) is 39.2 Å². The molecule has 130 valence electrons.